The fourth-order valence-corrected chi connectivity index (χ4v) is 2.83. The molecule has 0 radical (unpaired) electrons. The number of carbonyl (C=O) groups excluding carboxylic acids is 1. The highest BCUT2D eigenvalue weighted by molar-refractivity contribution is 9.10. The Hall–Kier alpha value is -1.47. The van der Waals surface area contributed by atoms with E-state index in [4.69, 9.17) is 0 Å². The molecule has 2 rings (SSSR count). The van der Waals surface area contributed by atoms with Crippen molar-refractivity contribution in [2.45, 2.75) is 25.9 Å². The van der Waals surface area contributed by atoms with Crippen LogP contribution in [0.15, 0.2) is 22.7 Å². The number of nitrogens with one attached hydrogen (secondary N) is 1. The topological polar surface area (TPSA) is 75.5 Å². The molecule has 1 aliphatic heterocycles. The van der Waals surface area contributed by atoms with Gasteiger partial charge in [0.05, 0.1) is 10.5 Å². The van der Waals surface area contributed by atoms with Crippen LogP contribution >= 0.6 is 15.9 Å². The lowest BCUT2D eigenvalue weighted by Gasteiger charge is -2.38. The summed E-state index contributed by atoms with van der Waals surface area (Å²) in [6.07, 6.45) is 0. The van der Waals surface area contributed by atoms with Crippen LogP contribution in [0.25, 0.3) is 0 Å². The molecule has 1 aromatic rings. The van der Waals surface area contributed by atoms with Gasteiger partial charge in [0, 0.05) is 41.8 Å². The second-order valence-corrected chi connectivity index (χ2v) is 5.76. The van der Waals surface area contributed by atoms with Crippen LogP contribution < -0.4 is 5.32 Å². The van der Waals surface area contributed by atoms with Crippen molar-refractivity contribution in [2.75, 3.05) is 13.1 Å². The van der Waals surface area contributed by atoms with E-state index in [9.17, 15) is 14.9 Å². The SMILES string of the molecule is CC1NCCN(C(=O)c2ccc([N+](=O)[O-])cc2Br)C1C. The van der Waals surface area contributed by atoms with Crippen LogP contribution in [0, 0.1) is 10.1 Å². The molecule has 0 bridgehead atoms. The average Bonchev–Trinajstić information content (AvgIpc) is 2.41. The zero-order chi connectivity index (χ0) is 14.9. The zero-order valence-corrected chi connectivity index (χ0v) is 12.9. The number of hydrogen-bond donors (Lipinski definition) is 1. The second kappa shape index (κ2) is 5.88. The van der Waals surface area contributed by atoms with E-state index in [1.807, 2.05) is 13.8 Å². The number of nitro groups is 1. The number of halogens is 1. The Kier molecular flexibility index (Phi) is 4.39. The molecule has 2 unspecified atom stereocenters. The third kappa shape index (κ3) is 2.83. The van der Waals surface area contributed by atoms with Gasteiger partial charge in [0.25, 0.3) is 11.6 Å². The van der Waals surface area contributed by atoms with Gasteiger partial charge in [-0.25, -0.2) is 0 Å². The smallest absolute Gasteiger partial charge is 0.270 e. The monoisotopic (exact) mass is 341 g/mol. The minimum atomic E-state index is -0.478. The second-order valence-electron chi connectivity index (χ2n) is 4.90. The van der Waals surface area contributed by atoms with Gasteiger partial charge in [-0.2, -0.15) is 0 Å². The normalized spacial score (nSPS) is 22.6. The van der Waals surface area contributed by atoms with Crippen LogP contribution in [0.4, 0.5) is 5.69 Å². The summed E-state index contributed by atoms with van der Waals surface area (Å²) in [6.45, 7) is 5.42. The van der Waals surface area contributed by atoms with Crippen LogP contribution in [0.5, 0.6) is 0 Å². The van der Waals surface area contributed by atoms with E-state index >= 15 is 0 Å². The van der Waals surface area contributed by atoms with Gasteiger partial charge in [0.1, 0.15) is 0 Å². The lowest BCUT2D eigenvalue weighted by atomic mass is 10.1. The van der Waals surface area contributed by atoms with Crippen molar-refractivity contribution in [3.05, 3.63) is 38.3 Å². The molecule has 108 valence electrons. The summed E-state index contributed by atoms with van der Waals surface area (Å²) in [5.74, 6) is -0.104. The molecule has 1 N–H and O–H groups in total. The summed E-state index contributed by atoms with van der Waals surface area (Å²) >= 11 is 3.25. The fourth-order valence-electron chi connectivity index (χ4n) is 2.29. The molecule has 0 aromatic heterocycles. The Morgan fingerprint density at radius 1 is 1.50 bits per heavy atom. The summed E-state index contributed by atoms with van der Waals surface area (Å²) in [4.78, 5) is 24.6. The number of hydrogen-bond acceptors (Lipinski definition) is 4. The molecule has 1 aromatic carbocycles. The molecule has 1 aliphatic rings. The lowest BCUT2D eigenvalue weighted by molar-refractivity contribution is -0.384. The summed E-state index contributed by atoms with van der Waals surface area (Å²) in [5, 5.41) is 14.0. The van der Waals surface area contributed by atoms with Crippen LogP contribution in [0.1, 0.15) is 24.2 Å². The first-order chi connectivity index (χ1) is 9.41. The van der Waals surface area contributed by atoms with Crippen LogP contribution in [-0.2, 0) is 0 Å². The highest BCUT2D eigenvalue weighted by atomic mass is 79.9. The molecule has 1 heterocycles. The molecule has 0 aliphatic carbocycles. The molecular weight excluding hydrogens is 326 g/mol. The standard InChI is InChI=1S/C13H16BrN3O3/c1-8-9(2)16(6-5-15-8)13(18)11-4-3-10(17(19)20)7-12(11)14/h3-4,7-9,15H,5-6H2,1-2H3. The fraction of sp³-hybridized carbons (Fsp3) is 0.462. The number of non-ortho nitro benzene ring substituents is 1. The predicted octanol–water partition coefficient (Wildman–Crippen LogP) is 2.18. The summed E-state index contributed by atoms with van der Waals surface area (Å²) in [6, 6.07) is 4.53. The van der Waals surface area contributed by atoms with E-state index in [-0.39, 0.29) is 23.7 Å². The van der Waals surface area contributed by atoms with Crippen molar-refractivity contribution in [3.8, 4) is 0 Å². The Morgan fingerprint density at radius 2 is 2.20 bits per heavy atom. The average molecular weight is 342 g/mol. The molecule has 0 saturated carbocycles. The van der Waals surface area contributed by atoms with Gasteiger partial charge < -0.3 is 10.2 Å². The van der Waals surface area contributed by atoms with Crippen molar-refractivity contribution >= 4 is 27.5 Å². The quantitative estimate of drug-likeness (QED) is 0.660. The first-order valence-electron chi connectivity index (χ1n) is 6.40. The highest BCUT2D eigenvalue weighted by Crippen LogP contribution is 2.25. The molecule has 1 saturated heterocycles. The van der Waals surface area contributed by atoms with E-state index in [0.717, 1.165) is 6.54 Å². The minimum Gasteiger partial charge on any atom is -0.333 e. The predicted molar refractivity (Wildman–Crippen MR) is 78.8 cm³/mol. The molecule has 1 amide bonds. The van der Waals surface area contributed by atoms with Crippen LogP contribution in [0.2, 0.25) is 0 Å². The third-order valence-electron chi connectivity index (χ3n) is 3.69. The maximum Gasteiger partial charge on any atom is 0.270 e. The first-order valence-corrected chi connectivity index (χ1v) is 7.19. The number of nitro benzene ring substituents is 1. The molecule has 20 heavy (non-hydrogen) atoms. The van der Waals surface area contributed by atoms with Gasteiger partial charge in [0.15, 0.2) is 0 Å². The van der Waals surface area contributed by atoms with Crippen molar-refractivity contribution in [1.29, 1.82) is 0 Å². The van der Waals surface area contributed by atoms with Crippen molar-refractivity contribution in [3.63, 3.8) is 0 Å². The van der Waals surface area contributed by atoms with Crippen molar-refractivity contribution in [1.82, 2.24) is 10.2 Å². The molecule has 0 spiro atoms. The largest absolute Gasteiger partial charge is 0.333 e. The summed E-state index contributed by atoms with van der Waals surface area (Å²) in [7, 11) is 0. The Bertz CT molecular complexity index is 550. The molecular formula is C13H16BrN3O3. The third-order valence-corrected chi connectivity index (χ3v) is 4.35. The number of amides is 1. The Balaban J connectivity index is 2.27. The number of nitrogens with zero attached hydrogens (tertiary/aromatic N) is 2. The molecule has 2 atom stereocenters. The maximum atomic E-state index is 12.6. The van der Waals surface area contributed by atoms with Gasteiger partial charge in [-0.05, 0) is 35.8 Å². The van der Waals surface area contributed by atoms with Gasteiger partial charge in [0.2, 0.25) is 0 Å². The zero-order valence-electron chi connectivity index (χ0n) is 11.3. The number of carbonyl (C=O) groups is 1. The molecule has 6 nitrogen and oxygen atoms in total. The molecule has 7 heteroatoms. The van der Waals surface area contributed by atoms with Crippen molar-refractivity contribution < 1.29 is 9.72 Å². The number of piperazine rings is 1. The van der Waals surface area contributed by atoms with Crippen molar-refractivity contribution in [2.24, 2.45) is 0 Å². The number of rotatable bonds is 2. The van der Waals surface area contributed by atoms with Gasteiger partial charge in [-0.1, -0.05) is 0 Å². The van der Waals surface area contributed by atoms with Gasteiger partial charge >= 0.3 is 0 Å². The van der Waals surface area contributed by atoms with E-state index < -0.39 is 4.92 Å². The first kappa shape index (κ1) is 14.9. The van der Waals surface area contributed by atoms with E-state index in [2.05, 4.69) is 21.2 Å². The van der Waals surface area contributed by atoms with Gasteiger partial charge in [-0.15, -0.1) is 0 Å². The van der Waals surface area contributed by atoms with E-state index in [0.29, 0.717) is 16.6 Å². The van der Waals surface area contributed by atoms with Crippen LogP contribution in [0.3, 0.4) is 0 Å². The van der Waals surface area contributed by atoms with E-state index in [1.54, 1.807) is 4.90 Å². The van der Waals surface area contributed by atoms with Gasteiger partial charge in [-0.3, -0.25) is 14.9 Å². The Labute approximate surface area is 125 Å². The lowest BCUT2D eigenvalue weighted by Crippen LogP contribution is -2.57. The molecule has 1 fully saturated rings. The highest BCUT2D eigenvalue weighted by Gasteiger charge is 2.29. The van der Waals surface area contributed by atoms with Crippen LogP contribution in [-0.4, -0.2) is 40.9 Å². The summed E-state index contributed by atoms with van der Waals surface area (Å²) in [5.41, 5.74) is 0.423. The number of benzene rings is 1. The minimum absolute atomic E-state index is 0.0323. The maximum absolute atomic E-state index is 12.6. The van der Waals surface area contributed by atoms with E-state index in [1.165, 1.54) is 18.2 Å². The Morgan fingerprint density at radius 3 is 2.80 bits per heavy atom. The summed E-state index contributed by atoms with van der Waals surface area (Å²) < 4.78 is 0.454.